The minimum absolute atomic E-state index is 0.0553. The lowest BCUT2D eigenvalue weighted by atomic mass is 9.99. The molecule has 28 heavy (non-hydrogen) atoms. The van der Waals surface area contributed by atoms with Gasteiger partial charge in [-0.15, -0.1) is 0 Å². The zero-order valence-electron chi connectivity index (χ0n) is 16.5. The summed E-state index contributed by atoms with van der Waals surface area (Å²) in [5.74, 6) is 1.01. The monoisotopic (exact) mass is 379 g/mol. The maximum absolute atomic E-state index is 13.2. The van der Waals surface area contributed by atoms with Crippen LogP contribution in [0.4, 0.5) is 0 Å². The molecular formula is C22H25N3O3. The van der Waals surface area contributed by atoms with E-state index in [2.05, 4.69) is 18.0 Å². The highest BCUT2D eigenvalue weighted by atomic mass is 16.5. The quantitative estimate of drug-likeness (QED) is 0.791. The molecule has 0 unspecified atom stereocenters. The second kappa shape index (κ2) is 8.75. The Bertz CT molecular complexity index is 891. The molecule has 1 amide bonds. The smallest absolute Gasteiger partial charge is 0.257 e. The van der Waals surface area contributed by atoms with E-state index in [0.29, 0.717) is 35.9 Å². The molecule has 1 fully saturated rings. The molecule has 0 aliphatic carbocycles. The largest absolute Gasteiger partial charge is 0.493 e. The van der Waals surface area contributed by atoms with Gasteiger partial charge in [-0.25, -0.2) is 4.98 Å². The van der Waals surface area contributed by atoms with E-state index in [1.165, 1.54) is 0 Å². The van der Waals surface area contributed by atoms with Crippen molar-refractivity contribution in [2.75, 3.05) is 13.2 Å². The molecule has 1 aromatic heterocycles. The van der Waals surface area contributed by atoms with Crippen LogP contribution in [0.5, 0.6) is 11.6 Å². The number of hydrogen-bond acceptors (Lipinski definition) is 5. The Morgan fingerprint density at radius 1 is 1.32 bits per heavy atom. The molecule has 0 spiro atoms. The Kier molecular flexibility index (Phi) is 6.15. The molecule has 0 radical (unpaired) electrons. The van der Waals surface area contributed by atoms with Gasteiger partial charge in [-0.3, -0.25) is 4.79 Å². The van der Waals surface area contributed by atoms with E-state index >= 15 is 0 Å². The van der Waals surface area contributed by atoms with Crippen LogP contribution >= 0.6 is 0 Å². The maximum Gasteiger partial charge on any atom is 0.257 e. The van der Waals surface area contributed by atoms with Crippen molar-refractivity contribution in [3.63, 3.8) is 0 Å². The van der Waals surface area contributed by atoms with Crippen molar-refractivity contribution in [3.8, 4) is 17.7 Å². The van der Waals surface area contributed by atoms with E-state index in [4.69, 9.17) is 9.47 Å². The molecule has 2 atom stereocenters. The van der Waals surface area contributed by atoms with Crippen molar-refractivity contribution >= 4 is 5.91 Å². The zero-order chi connectivity index (χ0) is 20.1. The number of likely N-dealkylation sites (tertiary alicyclic amines) is 1. The molecule has 0 bridgehead atoms. The lowest BCUT2D eigenvalue weighted by molar-refractivity contribution is 0.0368. The summed E-state index contributed by atoms with van der Waals surface area (Å²) in [6.45, 7) is 6.76. The minimum atomic E-state index is -0.167. The van der Waals surface area contributed by atoms with Gasteiger partial charge in [0.1, 0.15) is 11.9 Å². The van der Waals surface area contributed by atoms with E-state index < -0.39 is 0 Å². The van der Waals surface area contributed by atoms with Crippen molar-refractivity contribution in [1.29, 1.82) is 5.26 Å². The Balaban J connectivity index is 1.78. The topological polar surface area (TPSA) is 75.4 Å². The van der Waals surface area contributed by atoms with Gasteiger partial charge in [0.25, 0.3) is 5.91 Å². The first kappa shape index (κ1) is 19.7. The second-order valence-electron chi connectivity index (χ2n) is 6.95. The predicted octanol–water partition coefficient (Wildman–Crippen LogP) is 3.73. The van der Waals surface area contributed by atoms with E-state index in [-0.39, 0.29) is 18.1 Å². The van der Waals surface area contributed by atoms with Crippen LogP contribution in [0.15, 0.2) is 36.5 Å². The molecule has 146 valence electrons. The zero-order valence-corrected chi connectivity index (χ0v) is 16.5. The Morgan fingerprint density at radius 3 is 2.86 bits per heavy atom. The first-order valence-corrected chi connectivity index (χ1v) is 9.60. The summed E-state index contributed by atoms with van der Waals surface area (Å²) >= 11 is 0. The van der Waals surface area contributed by atoms with Crippen LogP contribution in [0, 0.1) is 18.3 Å². The number of amides is 1. The first-order chi connectivity index (χ1) is 13.5. The number of aromatic nitrogens is 1. The normalized spacial score (nSPS) is 19.0. The lowest BCUT2D eigenvalue weighted by Gasteiger charge is -2.38. The van der Waals surface area contributed by atoms with Crippen molar-refractivity contribution in [3.05, 3.63) is 53.2 Å². The van der Waals surface area contributed by atoms with Gasteiger partial charge in [0, 0.05) is 17.8 Å². The molecule has 0 saturated carbocycles. The Hall–Kier alpha value is -3.07. The molecule has 1 aliphatic rings. The van der Waals surface area contributed by atoms with Crippen molar-refractivity contribution in [2.45, 2.75) is 45.8 Å². The van der Waals surface area contributed by atoms with Crippen molar-refractivity contribution in [2.24, 2.45) is 0 Å². The van der Waals surface area contributed by atoms with Gasteiger partial charge in [0.15, 0.2) is 0 Å². The number of nitriles is 1. The summed E-state index contributed by atoms with van der Waals surface area (Å²) in [5, 5.41) is 9.20. The van der Waals surface area contributed by atoms with Gasteiger partial charge in [0.05, 0.1) is 30.3 Å². The van der Waals surface area contributed by atoms with Gasteiger partial charge < -0.3 is 14.4 Å². The molecule has 6 heteroatoms. The van der Waals surface area contributed by atoms with Crippen LogP contribution in [0.2, 0.25) is 0 Å². The van der Waals surface area contributed by atoms with Gasteiger partial charge in [-0.05, 0) is 51.8 Å². The van der Waals surface area contributed by atoms with E-state index in [1.54, 1.807) is 18.3 Å². The van der Waals surface area contributed by atoms with Crippen LogP contribution in [0.1, 0.15) is 48.2 Å². The summed E-state index contributed by atoms with van der Waals surface area (Å²) in [6, 6.07) is 11.3. The molecule has 1 aromatic carbocycles. The highest BCUT2D eigenvalue weighted by Crippen LogP contribution is 2.27. The van der Waals surface area contributed by atoms with Crippen LogP contribution in [0.3, 0.4) is 0 Å². The number of rotatable bonds is 5. The fraction of sp³-hybridized carbons (Fsp3) is 0.409. The molecule has 3 rings (SSSR count). The van der Waals surface area contributed by atoms with E-state index in [1.807, 2.05) is 36.9 Å². The summed E-state index contributed by atoms with van der Waals surface area (Å²) < 4.78 is 11.7. The van der Waals surface area contributed by atoms with Gasteiger partial charge in [-0.2, -0.15) is 5.26 Å². The molecule has 1 saturated heterocycles. The predicted molar refractivity (Wildman–Crippen MR) is 105 cm³/mol. The van der Waals surface area contributed by atoms with Crippen molar-refractivity contribution < 1.29 is 14.3 Å². The van der Waals surface area contributed by atoms with Crippen LogP contribution in [-0.4, -0.2) is 41.1 Å². The van der Waals surface area contributed by atoms with Crippen LogP contribution < -0.4 is 9.47 Å². The number of hydrogen-bond donors (Lipinski definition) is 0. The van der Waals surface area contributed by atoms with E-state index in [9.17, 15) is 10.1 Å². The number of benzene rings is 1. The third-order valence-electron chi connectivity index (χ3n) is 5.07. The number of carbonyl (C=O) groups is 1. The number of piperidine rings is 1. The Morgan fingerprint density at radius 2 is 2.11 bits per heavy atom. The molecular weight excluding hydrogens is 354 g/mol. The van der Waals surface area contributed by atoms with Crippen LogP contribution in [0.25, 0.3) is 0 Å². The fourth-order valence-electron chi connectivity index (χ4n) is 3.45. The van der Waals surface area contributed by atoms with Gasteiger partial charge >= 0.3 is 0 Å². The van der Waals surface area contributed by atoms with Gasteiger partial charge in [0.2, 0.25) is 5.88 Å². The fourth-order valence-corrected chi connectivity index (χ4v) is 3.45. The number of para-hydroxylation sites is 1. The number of ether oxygens (including phenoxy) is 2. The standard InChI is InChI=1S/C22H25N3O3/c1-4-27-20-8-6-5-7-19(20)22(26)25-14-18(10-9-15(25)2)28-21-16(3)17(13-23)11-12-24-21/h5-8,11-12,15,18H,4,9-10,14H2,1-3H3/t15-,18-/m1/s1. The number of nitrogens with zero attached hydrogens (tertiary/aromatic N) is 3. The second-order valence-corrected chi connectivity index (χ2v) is 6.95. The SMILES string of the molecule is CCOc1ccccc1C(=O)N1C[C@H](Oc2nccc(C#N)c2C)CC[C@H]1C. The minimum Gasteiger partial charge on any atom is -0.493 e. The molecule has 2 aromatic rings. The number of pyridine rings is 1. The summed E-state index contributed by atoms with van der Waals surface area (Å²) in [5.41, 5.74) is 1.84. The van der Waals surface area contributed by atoms with Gasteiger partial charge in [-0.1, -0.05) is 12.1 Å². The maximum atomic E-state index is 13.2. The van der Waals surface area contributed by atoms with Crippen molar-refractivity contribution in [1.82, 2.24) is 9.88 Å². The molecule has 6 nitrogen and oxygen atoms in total. The molecule has 2 heterocycles. The molecule has 0 N–H and O–H groups in total. The van der Waals surface area contributed by atoms with E-state index in [0.717, 1.165) is 18.4 Å². The highest BCUT2D eigenvalue weighted by molar-refractivity contribution is 5.97. The first-order valence-electron chi connectivity index (χ1n) is 9.60. The lowest BCUT2D eigenvalue weighted by Crippen LogP contribution is -2.49. The summed E-state index contributed by atoms with van der Waals surface area (Å²) in [7, 11) is 0. The molecule has 1 aliphatic heterocycles. The summed E-state index contributed by atoms with van der Waals surface area (Å²) in [4.78, 5) is 19.3. The third-order valence-corrected chi connectivity index (χ3v) is 5.07. The average Bonchev–Trinajstić information content (AvgIpc) is 2.71. The number of carbonyl (C=O) groups excluding carboxylic acids is 1. The third kappa shape index (κ3) is 4.09. The summed E-state index contributed by atoms with van der Waals surface area (Å²) in [6.07, 6.45) is 3.08. The van der Waals surface area contributed by atoms with Crippen LogP contribution in [-0.2, 0) is 0 Å². The highest BCUT2D eigenvalue weighted by Gasteiger charge is 2.32. The average molecular weight is 379 g/mol. The Labute approximate surface area is 165 Å².